The van der Waals surface area contributed by atoms with E-state index < -0.39 is 6.10 Å². The van der Waals surface area contributed by atoms with Crippen LogP contribution in [-0.4, -0.2) is 12.0 Å². The van der Waals surface area contributed by atoms with E-state index in [-0.39, 0.29) is 11.9 Å². The van der Waals surface area contributed by atoms with Gasteiger partial charge in [0.25, 0.3) is 5.91 Å². The molecule has 3 aromatic rings. The van der Waals surface area contributed by atoms with Crippen molar-refractivity contribution in [3.63, 3.8) is 0 Å². The number of carbonyl (C=O) groups excluding carboxylic acids is 1. The lowest BCUT2D eigenvalue weighted by Gasteiger charge is -2.21. The van der Waals surface area contributed by atoms with Gasteiger partial charge in [0.05, 0.1) is 6.04 Å². The zero-order valence-corrected chi connectivity index (χ0v) is 15.5. The number of amides is 1. The fourth-order valence-corrected chi connectivity index (χ4v) is 2.97. The fraction of sp³-hybridized carbons (Fsp3) is 0.261. The average Bonchev–Trinajstić information content (AvgIpc) is 2.66. The van der Waals surface area contributed by atoms with E-state index in [0.717, 1.165) is 16.3 Å². The minimum Gasteiger partial charge on any atom is -0.481 e. The van der Waals surface area contributed by atoms with Crippen LogP contribution in [0.1, 0.15) is 37.4 Å². The second-order valence-corrected chi connectivity index (χ2v) is 6.66. The topological polar surface area (TPSA) is 38.3 Å². The highest BCUT2D eigenvalue weighted by molar-refractivity contribution is 5.84. The number of aryl methyl sites for hydroxylation is 1. The normalized spacial score (nSPS) is 13.2. The van der Waals surface area contributed by atoms with Gasteiger partial charge in [0, 0.05) is 0 Å². The van der Waals surface area contributed by atoms with E-state index >= 15 is 0 Å². The average molecular weight is 347 g/mol. The van der Waals surface area contributed by atoms with Crippen LogP contribution < -0.4 is 10.1 Å². The highest BCUT2D eigenvalue weighted by Crippen LogP contribution is 2.22. The molecule has 0 bridgehead atoms. The highest BCUT2D eigenvalue weighted by atomic mass is 16.5. The van der Waals surface area contributed by atoms with Crippen molar-refractivity contribution in [2.75, 3.05) is 0 Å². The van der Waals surface area contributed by atoms with E-state index in [2.05, 4.69) is 30.4 Å². The Hall–Kier alpha value is -2.81. The van der Waals surface area contributed by atoms with Crippen molar-refractivity contribution in [3.05, 3.63) is 77.9 Å². The highest BCUT2D eigenvalue weighted by Gasteiger charge is 2.20. The summed E-state index contributed by atoms with van der Waals surface area (Å²) in [6.07, 6.45) is 0.100. The number of rotatable bonds is 6. The summed E-state index contributed by atoms with van der Waals surface area (Å²) in [6.45, 7) is 6.00. The van der Waals surface area contributed by atoms with Crippen molar-refractivity contribution < 1.29 is 9.53 Å². The number of nitrogens with one attached hydrogen (secondary N) is 1. The minimum absolute atomic E-state index is 0.0580. The Kier molecular flexibility index (Phi) is 5.57. The summed E-state index contributed by atoms with van der Waals surface area (Å²) in [5.41, 5.74) is 2.29. The van der Waals surface area contributed by atoms with Crippen molar-refractivity contribution >= 4 is 16.7 Å². The quantitative estimate of drug-likeness (QED) is 0.667. The Bertz CT molecular complexity index is 886. The summed E-state index contributed by atoms with van der Waals surface area (Å²) in [7, 11) is 0. The predicted molar refractivity (Wildman–Crippen MR) is 106 cm³/mol. The summed E-state index contributed by atoms with van der Waals surface area (Å²) < 4.78 is 5.98. The van der Waals surface area contributed by atoms with Gasteiger partial charge in [-0.15, -0.1) is 0 Å². The SMILES string of the molecule is CC[C@H](Oc1ccc2ccccc2c1)C(=O)N[C@H](C)c1ccc(C)cc1. The Balaban J connectivity index is 1.68. The standard InChI is InChI=1S/C23H25NO2/c1-4-22(23(25)24-17(3)18-11-9-16(2)10-12-18)26-21-14-13-19-7-5-6-8-20(19)15-21/h5-15,17,22H,4H2,1-3H3,(H,24,25)/t17-,22+/m1/s1. The van der Waals surface area contributed by atoms with Crippen LogP contribution >= 0.6 is 0 Å². The Morgan fingerprint density at radius 1 is 1.00 bits per heavy atom. The summed E-state index contributed by atoms with van der Waals surface area (Å²) in [6, 6.07) is 22.2. The first-order valence-corrected chi connectivity index (χ1v) is 9.09. The number of benzene rings is 3. The van der Waals surface area contributed by atoms with E-state index in [0.29, 0.717) is 12.2 Å². The van der Waals surface area contributed by atoms with Crippen LogP contribution in [0.25, 0.3) is 10.8 Å². The summed E-state index contributed by atoms with van der Waals surface area (Å²) in [5.74, 6) is 0.627. The molecule has 26 heavy (non-hydrogen) atoms. The Labute approximate surface area is 155 Å². The molecule has 0 fully saturated rings. The molecule has 0 aliphatic carbocycles. The molecule has 0 heterocycles. The second-order valence-electron chi connectivity index (χ2n) is 6.66. The largest absolute Gasteiger partial charge is 0.481 e. The monoisotopic (exact) mass is 347 g/mol. The molecule has 0 aliphatic heterocycles. The van der Waals surface area contributed by atoms with E-state index in [9.17, 15) is 4.79 Å². The molecule has 1 N–H and O–H groups in total. The van der Waals surface area contributed by atoms with Gasteiger partial charge < -0.3 is 10.1 Å². The number of hydrogen-bond donors (Lipinski definition) is 1. The molecule has 134 valence electrons. The van der Waals surface area contributed by atoms with Gasteiger partial charge in [-0.2, -0.15) is 0 Å². The van der Waals surface area contributed by atoms with Crippen LogP contribution in [0, 0.1) is 6.92 Å². The molecule has 2 atom stereocenters. The van der Waals surface area contributed by atoms with Crippen LogP contribution in [0.4, 0.5) is 0 Å². The van der Waals surface area contributed by atoms with Gasteiger partial charge in [-0.05, 0) is 48.7 Å². The first kappa shape index (κ1) is 18.0. The molecule has 0 aromatic heterocycles. The van der Waals surface area contributed by atoms with Crippen LogP contribution in [0.3, 0.4) is 0 Å². The third-order valence-corrected chi connectivity index (χ3v) is 4.60. The van der Waals surface area contributed by atoms with Gasteiger partial charge in [0.15, 0.2) is 6.10 Å². The zero-order valence-electron chi connectivity index (χ0n) is 15.5. The predicted octanol–water partition coefficient (Wildman–Crippen LogP) is 5.18. The van der Waals surface area contributed by atoms with Crippen LogP contribution in [0.5, 0.6) is 5.75 Å². The lowest BCUT2D eigenvalue weighted by atomic mass is 10.1. The molecule has 0 spiro atoms. The lowest BCUT2D eigenvalue weighted by molar-refractivity contribution is -0.128. The Morgan fingerprint density at radius 3 is 2.38 bits per heavy atom. The van der Waals surface area contributed by atoms with E-state index in [1.807, 2.05) is 62.4 Å². The van der Waals surface area contributed by atoms with Crippen molar-refractivity contribution in [1.29, 1.82) is 0 Å². The third kappa shape index (κ3) is 4.23. The van der Waals surface area contributed by atoms with E-state index in [1.165, 1.54) is 5.56 Å². The first-order valence-electron chi connectivity index (χ1n) is 9.09. The number of carbonyl (C=O) groups is 1. The molecule has 0 saturated carbocycles. The fourth-order valence-electron chi connectivity index (χ4n) is 2.97. The van der Waals surface area contributed by atoms with E-state index in [1.54, 1.807) is 0 Å². The molecule has 0 unspecified atom stereocenters. The first-order chi connectivity index (χ1) is 12.6. The zero-order chi connectivity index (χ0) is 18.5. The van der Waals surface area contributed by atoms with Crippen molar-refractivity contribution in [2.24, 2.45) is 0 Å². The third-order valence-electron chi connectivity index (χ3n) is 4.60. The summed E-state index contributed by atoms with van der Waals surface area (Å²) in [5, 5.41) is 5.32. The van der Waals surface area contributed by atoms with Crippen molar-refractivity contribution in [1.82, 2.24) is 5.32 Å². The molecule has 3 nitrogen and oxygen atoms in total. The Morgan fingerprint density at radius 2 is 1.69 bits per heavy atom. The summed E-state index contributed by atoms with van der Waals surface area (Å²) >= 11 is 0. The molecule has 0 radical (unpaired) electrons. The summed E-state index contributed by atoms with van der Waals surface area (Å²) in [4.78, 5) is 12.7. The molecule has 1 amide bonds. The van der Waals surface area contributed by atoms with Gasteiger partial charge in [0.2, 0.25) is 0 Å². The molecule has 3 rings (SSSR count). The number of fused-ring (bicyclic) bond motifs is 1. The minimum atomic E-state index is -0.510. The maximum atomic E-state index is 12.7. The van der Waals surface area contributed by atoms with Gasteiger partial charge in [-0.25, -0.2) is 0 Å². The molecular formula is C23H25NO2. The van der Waals surface area contributed by atoms with Gasteiger partial charge in [-0.1, -0.05) is 67.1 Å². The lowest BCUT2D eigenvalue weighted by Crippen LogP contribution is -2.39. The molecule has 0 saturated heterocycles. The number of ether oxygens (including phenoxy) is 1. The van der Waals surface area contributed by atoms with Crippen LogP contribution in [-0.2, 0) is 4.79 Å². The van der Waals surface area contributed by atoms with Gasteiger partial charge in [0.1, 0.15) is 5.75 Å². The van der Waals surface area contributed by atoms with Gasteiger partial charge in [-0.3, -0.25) is 4.79 Å². The molecule has 3 heteroatoms. The second kappa shape index (κ2) is 8.05. The maximum absolute atomic E-state index is 12.7. The van der Waals surface area contributed by atoms with Crippen LogP contribution in [0.2, 0.25) is 0 Å². The molecule has 0 aliphatic rings. The number of hydrogen-bond acceptors (Lipinski definition) is 2. The maximum Gasteiger partial charge on any atom is 0.261 e. The van der Waals surface area contributed by atoms with Gasteiger partial charge >= 0.3 is 0 Å². The smallest absolute Gasteiger partial charge is 0.261 e. The van der Waals surface area contributed by atoms with E-state index in [4.69, 9.17) is 4.74 Å². The van der Waals surface area contributed by atoms with Crippen molar-refractivity contribution in [2.45, 2.75) is 39.3 Å². The van der Waals surface area contributed by atoms with Crippen molar-refractivity contribution in [3.8, 4) is 5.75 Å². The molecule has 3 aromatic carbocycles. The molecular weight excluding hydrogens is 322 g/mol. The van der Waals surface area contributed by atoms with Crippen LogP contribution in [0.15, 0.2) is 66.7 Å².